The molecule has 2 fully saturated rings. The highest BCUT2D eigenvalue weighted by molar-refractivity contribution is 7.14. The van der Waals surface area contributed by atoms with E-state index in [-0.39, 0.29) is 12.4 Å². The molecule has 2 saturated heterocycles. The molecule has 1 aliphatic carbocycles. The highest BCUT2D eigenvalue weighted by atomic mass is 35.5. The van der Waals surface area contributed by atoms with Crippen molar-refractivity contribution in [2.75, 3.05) is 26.2 Å². The van der Waals surface area contributed by atoms with E-state index in [0.29, 0.717) is 5.91 Å². The minimum Gasteiger partial charge on any atom is -0.338 e. The molecule has 23 heavy (non-hydrogen) atoms. The van der Waals surface area contributed by atoms with Crippen molar-refractivity contribution in [3.05, 3.63) is 21.4 Å². The van der Waals surface area contributed by atoms with Crippen LogP contribution in [0.25, 0.3) is 0 Å². The number of thiophene rings is 1. The number of carbonyl (C=O) groups is 1. The van der Waals surface area contributed by atoms with Gasteiger partial charge < -0.3 is 10.2 Å². The van der Waals surface area contributed by atoms with E-state index in [2.05, 4.69) is 16.3 Å². The molecule has 3 aliphatic rings. The average molecular weight is 355 g/mol. The summed E-state index contributed by atoms with van der Waals surface area (Å²) in [5.41, 5.74) is 1.46. The van der Waals surface area contributed by atoms with Crippen molar-refractivity contribution >= 4 is 29.7 Å². The number of rotatable bonds is 1. The molecule has 2 aliphatic heterocycles. The van der Waals surface area contributed by atoms with Gasteiger partial charge in [0, 0.05) is 18.0 Å². The standard InChI is InChI=1S/C18H26N2OS.ClH/c21-18(17-10-13-4-2-1-3-5-16(13)22-17)20-8-6-14-11-19-12-15(14)7-9-20;/h10,14-15,19H,1-9,11-12H2;1H/t14-,15+;. The molecule has 3 heterocycles. The molecule has 1 aromatic heterocycles. The summed E-state index contributed by atoms with van der Waals surface area (Å²) in [5, 5.41) is 3.51. The maximum absolute atomic E-state index is 12.9. The van der Waals surface area contributed by atoms with Crippen molar-refractivity contribution in [1.82, 2.24) is 10.2 Å². The second-order valence-corrected chi connectivity index (χ2v) is 8.30. The smallest absolute Gasteiger partial charge is 0.263 e. The van der Waals surface area contributed by atoms with Crippen LogP contribution in [0, 0.1) is 11.8 Å². The fourth-order valence-corrected chi connectivity index (χ4v) is 5.57. The number of fused-ring (bicyclic) bond motifs is 2. The first-order chi connectivity index (χ1) is 10.8. The molecular formula is C18H27ClN2OS. The monoisotopic (exact) mass is 354 g/mol. The Bertz CT molecular complexity index is 522. The third kappa shape index (κ3) is 3.59. The van der Waals surface area contributed by atoms with Crippen LogP contribution in [-0.2, 0) is 12.8 Å². The maximum atomic E-state index is 12.9. The highest BCUT2D eigenvalue weighted by Crippen LogP contribution is 2.32. The van der Waals surface area contributed by atoms with E-state index in [4.69, 9.17) is 0 Å². The molecular weight excluding hydrogens is 328 g/mol. The quantitative estimate of drug-likeness (QED) is 0.783. The van der Waals surface area contributed by atoms with Gasteiger partial charge in [0.15, 0.2) is 0 Å². The summed E-state index contributed by atoms with van der Waals surface area (Å²) in [7, 11) is 0. The van der Waals surface area contributed by atoms with Gasteiger partial charge in [0.25, 0.3) is 5.91 Å². The molecule has 0 bridgehead atoms. The van der Waals surface area contributed by atoms with Crippen LogP contribution in [0.3, 0.4) is 0 Å². The lowest BCUT2D eigenvalue weighted by molar-refractivity contribution is 0.0763. The van der Waals surface area contributed by atoms with Crippen LogP contribution in [0.1, 0.15) is 52.2 Å². The molecule has 0 aromatic carbocycles. The molecule has 0 saturated carbocycles. The van der Waals surface area contributed by atoms with Crippen LogP contribution in [0.15, 0.2) is 6.07 Å². The number of likely N-dealkylation sites (tertiary alicyclic amines) is 1. The number of hydrogen-bond donors (Lipinski definition) is 1. The van der Waals surface area contributed by atoms with Gasteiger partial charge in [-0.1, -0.05) is 6.42 Å². The first-order valence-corrected chi connectivity index (χ1v) is 9.74. The third-order valence-corrected chi connectivity index (χ3v) is 6.99. The van der Waals surface area contributed by atoms with E-state index in [1.54, 1.807) is 11.3 Å². The van der Waals surface area contributed by atoms with Gasteiger partial charge in [-0.2, -0.15) is 0 Å². The van der Waals surface area contributed by atoms with Gasteiger partial charge in [-0.25, -0.2) is 0 Å². The molecule has 1 aromatic rings. The largest absolute Gasteiger partial charge is 0.338 e. The lowest BCUT2D eigenvalue weighted by atomic mass is 9.92. The first-order valence-electron chi connectivity index (χ1n) is 8.93. The van der Waals surface area contributed by atoms with Crippen LogP contribution in [-0.4, -0.2) is 37.0 Å². The number of aryl methyl sites for hydroxylation is 2. The SMILES string of the molecule is Cl.O=C(c1cc2c(s1)CCCCC2)N1CC[C@@H]2CNC[C@@H]2CC1. The average Bonchev–Trinajstić information content (AvgIpc) is 3.02. The van der Waals surface area contributed by atoms with E-state index in [9.17, 15) is 4.79 Å². The van der Waals surface area contributed by atoms with E-state index in [0.717, 1.165) is 42.9 Å². The van der Waals surface area contributed by atoms with Crippen molar-refractivity contribution in [3.63, 3.8) is 0 Å². The van der Waals surface area contributed by atoms with E-state index >= 15 is 0 Å². The first kappa shape index (κ1) is 17.2. The molecule has 4 rings (SSSR count). The van der Waals surface area contributed by atoms with Gasteiger partial charge in [-0.05, 0) is 75.1 Å². The predicted molar refractivity (Wildman–Crippen MR) is 97.8 cm³/mol. The van der Waals surface area contributed by atoms with Gasteiger partial charge >= 0.3 is 0 Å². The minimum atomic E-state index is 0. The molecule has 0 radical (unpaired) electrons. The summed E-state index contributed by atoms with van der Waals surface area (Å²) < 4.78 is 0. The molecule has 2 atom stereocenters. The predicted octanol–water partition coefficient (Wildman–Crippen LogP) is 3.51. The van der Waals surface area contributed by atoms with Crippen molar-refractivity contribution in [3.8, 4) is 0 Å². The Labute approximate surface area is 149 Å². The Morgan fingerprint density at radius 1 is 1.09 bits per heavy atom. The van der Waals surface area contributed by atoms with Crippen LogP contribution < -0.4 is 5.32 Å². The van der Waals surface area contributed by atoms with Gasteiger partial charge in [-0.15, -0.1) is 23.7 Å². The van der Waals surface area contributed by atoms with Crippen LogP contribution >= 0.6 is 23.7 Å². The van der Waals surface area contributed by atoms with Crippen LogP contribution in [0.5, 0.6) is 0 Å². The molecule has 0 unspecified atom stereocenters. The Kier molecular flexibility index (Phi) is 5.65. The molecule has 3 nitrogen and oxygen atoms in total. The summed E-state index contributed by atoms with van der Waals surface area (Å²) in [5.74, 6) is 1.88. The second kappa shape index (κ2) is 7.54. The van der Waals surface area contributed by atoms with Gasteiger partial charge in [0.2, 0.25) is 0 Å². The highest BCUT2D eigenvalue weighted by Gasteiger charge is 2.32. The topological polar surface area (TPSA) is 32.3 Å². The summed E-state index contributed by atoms with van der Waals surface area (Å²) in [6.07, 6.45) is 8.63. The Hall–Kier alpha value is -0.580. The van der Waals surface area contributed by atoms with Crippen LogP contribution in [0.4, 0.5) is 0 Å². The van der Waals surface area contributed by atoms with Gasteiger partial charge in [0.05, 0.1) is 4.88 Å². The van der Waals surface area contributed by atoms with Crippen molar-refractivity contribution in [2.24, 2.45) is 11.8 Å². The molecule has 1 N–H and O–H groups in total. The number of carbonyl (C=O) groups excluding carboxylic acids is 1. The van der Waals surface area contributed by atoms with E-state index in [1.807, 2.05) is 0 Å². The normalized spacial score (nSPS) is 27.4. The second-order valence-electron chi connectivity index (χ2n) is 7.17. The molecule has 0 spiro atoms. The third-order valence-electron chi connectivity index (χ3n) is 5.76. The number of amides is 1. The minimum absolute atomic E-state index is 0. The molecule has 128 valence electrons. The summed E-state index contributed by atoms with van der Waals surface area (Å²) in [6.45, 7) is 4.20. The number of halogens is 1. The zero-order chi connectivity index (χ0) is 14.9. The van der Waals surface area contributed by atoms with Crippen molar-refractivity contribution in [2.45, 2.75) is 44.9 Å². The fraction of sp³-hybridized carbons (Fsp3) is 0.722. The summed E-state index contributed by atoms with van der Waals surface area (Å²) >= 11 is 1.78. The van der Waals surface area contributed by atoms with E-state index < -0.39 is 0 Å². The fourth-order valence-electron chi connectivity index (χ4n) is 4.35. The van der Waals surface area contributed by atoms with Crippen LogP contribution in [0.2, 0.25) is 0 Å². The lowest BCUT2D eigenvalue weighted by Crippen LogP contribution is -2.32. The van der Waals surface area contributed by atoms with Gasteiger partial charge in [-0.3, -0.25) is 4.79 Å². The Morgan fingerprint density at radius 2 is 1.78 bits per heavy atom. The number of nitrogens with zero attached hydrogens (tertiary/aromatic N) is 1. The molecule has 5 heteroatoms. The Balaban J connectivity index is 0.00000156. The number of nitrogens with one attached hydrogen (secondary N) is 1. The summed E-state index contributed by atoms with van der Waals surface area (Å²) in [4.78, 5) is 17.5. The van der Waals surface area contributed by atoms with Gasteiger partial charge in [0.1, 0.15) is 0 Å². The Morgan fingerprint density at radius 3 is 2.52 bits per heavy atom. The number of hydrogen-bond acceptors (Lipinski definition) is 3. The van der Waals surface area contributed by atoms with E-state index in [1.165, 1.54) is 55.4 Å². The van der Waals surface area contributed by atoms with Crippen molar-refractivity contribution in [1.29, 1.82) is 0 Å². The maximum Gasteiger partial charge on any atom is 0.263 e. The van der Waals surface area contributed by atoms with Crippen molar-refractivity contribution < 1.29 is 4.79 Å². The summed E-state index contributed by atoms with van der Waals surface area (Å²) in [6, 6.07) is 2.21. The zero-order valence-corrected chi connectivity index (χ0v) is 15.3. The molecule has 1 amide bonds. The zero-order valence-electron chi connectivity index (χ0n) is 13.7. The lowest BCUT2D eigenvalue weighted by Gasteiger charge is -2.20.